The molecule has 262 valence electrons. The number of hydrogen-bond donors (Lipinski definition) is 2. The summed E-state index contributed by atoms with van der Waals surface area (Å²) in [6.45, 7) is 3.64. The van der Waals surface area contributed by atoms with Crippen LogP contribution in [0.2, 0.25) is 0 Å². The van der Waals surface area contributed by atoms with E-state index in [1.807, 2.05) is 0 Å². The fourth-order valence-corrected chi connectivity index (χ4v) is 5.73. The summed E-state index contributed by atoms with van der Waals surface area (Å²) in [4.78, 5) is 42.4. The Morgan fingerprint density at radius 3 is 1.16 bits per heavy atom. The molecule has 2 N–H and O–H groups in total. The molecule has 0 aromatic carbocycles. The van der Waals surface area contributed by atoms with E-state index in [2.05, 4.69) is 18.4 Å². The predicted octanol–water partition coefficient (Wildman–Crippen LogP) is 10.5. The molecule has 0 bridgehead atoms. The minimum Gasteiger partial charge on any atom is -0.462 e. The topological polar surface area (TPSA) is 119 Å². The van der Waals surface area contributed by atoms with Crippen molar-refractivity contribution in [3.8, 4) is 0 Å². The summed E-state index contributed by atoms with van der Waals surface area (Å²) in [5.74, 6) is -0.881. The number of esters is 2. The Morgan fingerprint density at radius 1 is 0.500 bits per heavy atom. The van der Waals surface area contributed by atoms with Gasteiger partial charge in [-0.2, -0.15) is 0 Å². The number of carbonyl (C=O) groups is 2. The van der Waals surface area contributed by atoms with E-state index in [-0.39, 0.29) is 19.4 Å². The molecule has 8 nitrogen and oxygen atoms in total. The molecule has 0 heterocycles. The zero-order valence-corrected chi connectivity index (χ0v) is 29.5. The van der Waals surface area contributed by atoms with Crippen LogP contribution in [0, 0.1) is 0 Å². The Morgan fingerprint density at radius 2 is 0.818 bits per heavy atom. The van der Waals surface area contributed by atoms with Crippen LogP contribution in [-0.4, -0.2) is 41.0 Å². The highest BCUT2D eigenvalue weighted by atomic mass is 31.2. The molecule has 0 saturated heterocycles. The summed E-state index contributed by atoms with van der Waals surface area (Å²) in [7, 11) is -4.73. The average Bonchev–Trinajstić information content (AvgIpc) is 2.98. The first-order valence-corrected chi connectivity index (χ1v) is 19.9. The highest BCUT2D eigenvalue weighted by Crippen LogP contribution is 2.36. The van der Waals surface area contributed by atoms with E-state index in [0.29, 0.717) is 6.42 Å². The van der Waals surface area contributed by atoms with Crippen molar-refractivity contribution in [3.63, 3.8) is 0 Å². The molecular formula is C35H69O8P. The molecule has 9 heteroatoms. The Balaban J connectivity index is 3.82. The maximum atomic E-state index is 12.3. The zero-order valence-electron chi connectivity index (χ0n) is 28.6. The lowest BCUT2D eigenvalue weighted by Crippen LogP contribution is -2.29. The minimum absolute atomic E-state index is 0.219. The van der Waals surface area contributed by atoms with Gasteiger partial charge in [0.25, 0.3) is 0 Å². The van der Waals surface area contributed by atoms with Gasteiger partial charge in [0, 0.05) is 12.8 Å². The SMILES string of the molecule is CCCCCCCCCCCCCCCCCCCCCC(=O)O[C@H](COC(=O)CCCCCCCCC)COP(=O)(O)O. The van der Waals surface area contributed by atoms with Gasteiger partial charge in [-0.05, 0) is 12.8 Å². The number of unbranched alkanes of at least 4 members (excludes halogenated alkanes) is 24. The van der Waals surface area contributed by atoms with Gasteiger partial charge in [-0.1, -0.05) is 168 Å². The second kappa shape index (κ2) is 32.0. The van der Waals surface area contributed by atoms with Crippen LogP contribution in [-0.2, 0) is 28.2 Å². The first-order valence-electron chi connectivity index (χ1n) is 18.3. The maximum absolute atomic E-state index is 12.3. The van der Waals surface area contributed by atoms with Gasteiger partial charge in [0.05, 0.1) is 6.61 Å². The van der Waals surface area contributed by atoms with Gasteiger partial charge in [-0.3, -0.25) is 14.1 Å². The summed E-state index contributed by atoms with van der Waals surface area (Å²) in [5, 5.41) is 0. The highest BCUT2D eigenvalue weighted by molar-refractivity contribution is 7.46. The lowest BCUT2D eigenvalue weighted by Gasteiger charge is -2.18. The molecule has 44 heavy (non-hydrogen) atoms. The van der Waals surface area contributed by atoms with Crippen molar-refractivity contribution >= 4 is 19.8 Å². The van der Waals surface area contributed by atoms with Crippen molar-refractivity contribution in [2.75, 3.05) is 13.2 Å². The smallest absolute Gasteiger partial charge is 0.462 e. The van der Waals surface area contributed by atoms with Crippen molar-refractivity contribution < 1.29 is 37.9 Å². The molecule has 0 fully saturated rings. The van der Waals surface area contributed by atoms with Gasteiger partial charge in [0.1, 0.15) is 6.61 Å². The number of phosphoric ester groups is 1. The Labute approximate surface area is 270 Å². The van der Waals surface area contributed by atoms with Crippen molar-refractivity contribution in [2.45, 2.75) is 200 Å². The number of carbonyl (C=O) groups excluding carboxylic acids is 2. The fraction of sp³-hybridized carbons (Fsp3) is 0.943. The molecule has 0 aromatic heterocycles. The summed E-state index contributed by atoms with van der Waals surface area (Å²) in [6.07, 6.45) is 31.4. The fourth-order valence-electron chi connectivity index (χ4n) is 5.37. The van der Waals surface area contributed by atoms with Gasteiger partial charge in [0.15, 0.2) is 6.10 Å². The molecule has 0 aromatic rings. The summed E-state index contributed by atoms with van der Waals surface area (Å²) >= 11 is 0. The van der Waals surface area contributed by atoms with E-state index in [1.54, 1.807) is 0 Å². The van der Waals surface area contributed by atoms with Crippen LogP contribution in [0.1, 0.15) is 194 Å². The van der Waals surface area contributed by atoms with E-state index < -0.39 is 32.5 Å². The van der Waals surface area contributed by atoms with Crippen LogP contribution >= 0.6 is 7.82 Å². The van der Waals surface area contributed by atoms with Crippen LogP contribution < -0.4 is 0 Å². The predicted molar refractivity (Wildman–Crippen MR) is 179 cm³/mol. The van der Waals surface area contributed by atoms with Gasteiger partial charge >= 0.3 is 19.8 Å². The standard InChI is InChI=1S/C35H69O8P/c1-3-5-7-9-11-12-13-14-15-16-17-18-19-20-21-22-24-26-28-30-35(37)43-33(32-42-44(38,39)40)31-41-34(36)29-27-25-23-10-8-6-4-2/h33H,3-32H2,1-2H3,(H2,38,39,40)/t33-/m1/s1. The Hall–Kier alpha value is -0.950. The molecule has 0 spiro atoms. The molecule has 0 rings (SSSR count). The zero-order chi connectivity index (χ0) is 32.6. The lowest BCUT2D eigenvalue weighted by molar-refractivity contribution is -0.161. The van der Waals surface area contributed by atoms with Gasteiger partial charge in [-0.15, -0.1) is 0 Å². The van der Waals surface area contributed by atoms with Gasteiger partial charge in [-0.25, -0.2) is 4.57 Å². The van der Waals surface area contributed by atoms with Gasteiger partial charge < -0.3 is 19.3 Å². The molecule has 0 aliphatic rings. The highest BCUT2D eigenvalue weighted by Gasteiger charge is 2.22. The number of rotatable bonds is 34. The van der Waals surface area contributed by atoms with E-state index in [9.17, 15) is 14.2 Å². The van der Waals surface area contributed by atoms with Crippen molar-refractivity contribution in [1.29, 1.82) is 0 Å². The third-order valence-electron chi connectivity index (χ3n) is 8.13. The minimum atomic E-state index is -4.73. The summed E-state index contributed by atoms with van der Waals surface area (Å²) in [5.41, 5.74) is 0. The monoisotopic (exact) mass is 648 g/mol. The van der Waals surface area contributed by atoms with Crippen LogP contribution in [0.5, 0.6) is 0 Å². The van der Waals surface area contributed by atoms with Gasteiger partial charge in [0.2, 0.25) is 0 Å². The maximum Gasteiger partial charge on any atom is 0.469 e. The van der Waals surface area contributed by atoms with E-state index in [4.69, 9.17) is 19.3 Å². The third-order valence-corrected chi connectivity index (χ3v) is 8.61. The molecule has 0 radical (unpaired) electrons. The summed E-state index contributed by atoms with van der Waals surface area (Å²) < 4.78 is 26.2. The van der Waals surface area contributed by atoms with Crippen molar-refractivity contribution in [1.82, 2.24) is 0 Å². The van der Waals surface area contributed by atoms with Crippen molar-refractivity contribution in [3.05, 3.63) is 0 Å². The third kappa shape index (κ3) is 33.9. The molecule has 0 aliphatic carbocycles. The Kier molecular flexibility index (Phi) is 31.3. The second-order valence-corrected chi connectivity index (χ2v) is 13.8. The van der Waals surface area contributed by atoms with Crippen LogP contribution in [0.3, 0.4) is 0 Å². The Bertz CT molecular complexity index is 696. The van der Waals surface area contributed by atoms with Crippen LogP contribution in [0.15, 0.2) is 0 Å². The van der Waals surface area contributed by atoms with Crippen LogP contribution in [0.25, 0.3) is 0 Å². The molecule has 0 unspecified atom stereocenters. The van der Waals surface area contributed by atoms with Crippen LogP contribution in [0.4, 0.5) is 0 Å². The first-order chi connectivity index (χ1) is 21.3. The molecule has 0 aliphatic heterocycles. The normalized spacial score (nSPS) is 12.4. The number of ether oxygens (including phenoxy) is 2. The second-order valence-electron chi connectivity index (χ2n) is 12.6. The lowest BCUT2D eigenvalue weighted by atomic mass is 10.0. The number of phosphoric acid groups is 1. The number of hydrogen-bond acceptors (Lipinski definition) is 6. The quantitative estimate of drug-likeness (QED) is 0.0402. The van der Waals surface area contributed by atoms with Crippen molar-refractivity contribution in [2.24, 2.45) is 0 Å². The largest absolute Gasteiger partial charge is 0.469 e. The average molecular weight is 649 g/mol. The molecule has 0 amide bonds. The molecule has 0 saturated carbocycles. The summed E-state index contributed by atoms with van der Waals surface area (Å²) in [6, 6.07) is 0. The van der Waals surface area contributed by atoms with E-state index >= 15 is 0 Å². The first kappa shape index (κ1) is 43.0. The van der Waals surface area contributed by atoms with E-state index in [1.165, 1.54) is 128 Å². The van der Waals surface area contributed by atoms with E-state index in [0.717, 1.165) is 32.1 Å². The molecule has 1 atom stereocenters. The molecular weight excluding hydrogens is 579 g/mol.